The van der Waals surface area contributed by atoms with Crippen molar-refractivity contribution in [1.29, 1.82) is 5.26 Å². The predicted molar refractivity (Wildman–Crippen MR) is 77.3 cm³/mol. The van der Waals surface area contributed by atoms with Crippen molar-refractivity contribution in [2.75, 3.05) is 0 Å². The highest BCUT2D eigenvalue weighted by atomic mass is 16.5. The summed E-state index contributed by atoms with van der Waals surface area (Å²) in [6, 6.07) is 11.6. The molecule has 1 aliphatic rings. The molecule has 0 spiro atoms. The molecule has 102 valence electrons. The number of rotatable bonds is 2. The van der Waals surface area contributed by atoms with Crippen molar-refractivity contribution >= 4 is 10.9 Å². The Bertz CT molecular complexity index is 662. The lowest BCUT2D eigenvalue weighted by molar-refractivity contribution is 0.127. The standard InChI is InChI=1S/C16H17N3O/c17-10-11-9-16(19-14-7-3-1-5-12(11)14)20-15-8-4-2-6-13(15)18/h1,3,5,7,9,13,15H,2,4,6,8,18H2. The lowest BCUT2D eigenvalue weighted by Gasteiger charge is -2.28. The largest absolute Gasteiger partial charge is 0.473 e. The normalized spacial score (nSPS) is 22.4. The molecule has 2 aromatic rings. The first-order valence-electron chi connectivity index (χ1n) is 7.00. The molecule has 1 aromatic carbocycles. The highest BCUT2D eigenvalue weighted by Crippen LogP contribution is 2.25. The van der Waals surface area contributed by atoms with Crippen molar-refractivity contribution in [3.8, 4) is 11.9 Å². The summed E-state index contributed by atoms with van der Waals surface area (Å²) in [5.41, 5.74) is 7.47. The van der Waals surface area contributed by atoms with Crippen molar-refractivity contribution in [1.82, 2.24) is 4.98 Å². The molecule has 1 heterocycles. The molecule has 0 radical (unpaired) electrons. The number of nitrogens with zero attached hydrogens (tertiary/aromatic N) is 2. The van der Waals surface area contributed by atoms with E-state index in [2.05, 4.69) is 11.1 Å². The van der Waals surface area contributed by atoms with Gasteiger partial charge in [0.1, 0.15) is 12.2 Å². The Balaban J connectivity index is 1.94. The van der Waals surface area contributed by atoms with E-state index in [1.165, 1.54) is 0 Å². The molecule has 0 bridgehead atoms. The van der Waals surface area contributed by atoms with Gasteiger partial charge in [-0.05, 0) is 25.3 Å². The van der Waals surface area contributed by atoms with Gasteiger partial charge in [-0.25, -0.2) is 4.98 Å². The maximum atomic E-state index is 9.26. The zero-order chi connectivity index (χ0) is 13.9. The van der Waals surface area contributed by atoms with E-state index in [-0.39, 0.29) is 12.1 Å². The third-order valence-corrected chi connectivity index (χ3v) is 3.84. The van der Waals surface area contributed by atoms with Crippen LogP contribution in [0.2, 0.25) is 0 Å². The Kier molecular flexibility index (Phi) is 3.53. The number of hydrogen-bond acceptors (Lipinski definition) is 4. The first-order valence-corrected chi connectivity index (χ1v) is 7.00. The first kappa shape index (κ1) is 12.9. The van der Waals surface area contributed by atoms with Crippen LogP contribution >= 0.6 is 0 Å². The van der Waals surface area contributed by atoms with E-state index in [1.54, 1.807) is 6.07 Å². The fourth-order valence-electron chi connectivity index (χ4n) is 2.73. The summed E-state index contributed by atoms with van der Waals surface area (Å²) in [5, 5.41) is 10.1. The number of nitrogens with two attached hydrogens (primary N) is 1. The summed E-state index contributed by atoms with van der Waals surface area (Å²) >= 11 is 0. The van der Waals surface area contributed by atoms with Crippen LogP contribution < -0.4 is 10.5 Å². The second-order valence-corrected chi connectivity index (χ2v) is 5.24. The van der Waals surface area contributed by atoms with Crippen LogP contribution in [0.3, 0.4) is 0 Å². The molecule has 0 amide bonds. The Labute approximate surface area is 118 Å². The summed E-state index contributed by atoms with van der Waals surface area (Å²) in [7, 11) is 0. The van der Waals surface area contributed by atoms with Gasteiger partial charge in [-0.3, -0.25) is 0 Å². The summed E-state index contributed by atoms with van der Waals surface area (Å²) in [6.07, 6.45) is 4.25. The van der Waals surface area contributed by atoms with Crippen LogP contribution in [-0.2, 0) is 0 Å². The van der Waals surface area contributed by atoms with E-state index >= 15 is 0 Å². The van der Waals surface area contributed by atoms with Crippen molar-refractivity contribution in [2.24, 2.45) is 5.73 Å². The fourth-order valence-corrected chi connectivity index (χ4v) is 2.73. The Morgan fingerprint density at radius 3 is 2.85 bits per heavy atom. The maximum Gasteiger partial charge on any atom is 0.215 e. The van der Waals surface area contributed by atoms with Crippen LogP contribution in [-0.4, -0.2) is 17.1 Å². The second-order valence-electron chi connectivity index (χ2n) is 5.24. The summed E-state index contributed by atoms with van der Waals surface area (Å²) in [5.74, 6) is 0.502. The van der Waals surface area contributed by atoms with Gasteiger partial charge in [0.25, 0.3) is 0 Å². The lowest BCUT2D eigenvalue weighted by atomic mass is 9.93. The molecule has 4 heteroatoms. The molecular weight excluding hydrogens is 250 g/mol. The van der Waals surface area contributed by atoms with Gasteiger partial charge in [0.15, 0.2) is 0 Å². The van der Waals surface area contributed by atoms with E-state index in [0.29, 0.717) is 11.4 Å². The van der Waals surface area contributed by atoms with Crippen LogP contribution in [0.5, 0.6) is 5.88 Å². The molecule has 4 nitrogen and oxygen atoms in total. The van der Waals surface area contributed by atoms with E-state index < -0.39 is 0 Å². The van der Waals surface area contributed by atoms with E-state index in [1.807, 2.05) is 24.3 Å². The van der Waals surface area contributed by atoms with Gasteiger partial charge >= 0.3 is 0 Å². The zero-order valence-electron chi connectivity index (χ0n) is 11.2. The number of nitriles is 1. The minimum absolute atomic E-state index is 0.00366. The van der Waals surface area contributed by atoms with Crippen molar-refractivity contribution in [2.45, 2.75) is 37.8 Å². The molecule has 3 rings (SSSR count). The van der Waals surface area contributed by atoms with Gasteiger partial charge in [0.05, 0.1) is 11.1 Å². The van der Waals surface area contributed by atoms with E-state index in [0.717, 1.165) is 36.6 Å². The molecule has 1 aliphatic carbocycles. The Morgan fingerprint density at radius 1 is 1.25 bits per heavy atom. The number of fused-ring (bicyclic) bond motifs is 1. The monoisotopic (exact) mass is 267 g/mol. The number of benzene rings is 1. The molecule has 20 heavy (non-hydrogen) atoms. The molecule has 1 aromatic heterocycles. The van der Waals surface area contributed by atoms with Crippen LogP contribution in [0.15, 0.2) is 30.3 Å². The van der Waals surface area contributed by atoms with Gasteiger partial charge in [0, 0.05) is 17.5 Å². The number of ether oxygens (including phenoxy) is 1. The topological polar surface area (TPSA) is 71.9 Å². The van der Waals surface area contributed by atoms with Crippen LogP contribution in [0.25, 0.3) is 10.9 Å². The third-order valence-electron chi connectivity index (χ3n) is 3.84. The van der Waals surface area contributed by atoms with Gasteiger partial charge in [-0.15, -0.1) is 0 Å². The molecule has 2 unspecified atom stereocenters. The third kappa shape index (κ3) is 2.45. The number of pyridine rings is 1. The Morgan fingerprint density at radius 2 is 2.05 bits per heavy atom. The molecule has 1 fully saturated rings. The van der Waals surface area contributed by atoms with Crippen molar-refractivity contribution < 1.29 is 4.74 Å². The highest BCUT2D eigenvalue weighted by molar-refractivity contribution is 5.85. The average Bonchev–Trinajstić information content (AvgIpc) is 2.49. The van der Waals surface area contributed by atoms with Gasteiger partial charge in [-0.2, -0.15) is 5.26 Å². The summed E-state index contributed by atoms with van der Waals surface area (Å²) in [4.78, 5) is 4.48. The molecule has 2 N–H and O–H groups in total. The molecule has 1 saturated carbocycles. The van der Waals surface area contributed by atoms with Gasteiger partial charge < -0.3 is 10.5 Å². The molecule has 2 atom stereocenters. The average molecular weight is 267 g/mol. The minimum Gasteiger partial charge on any atom is -0.473 e. The molecular formula is C16H17N3O. The lowest BCUT2D eigenvalue weighted by Crippen LogP contribution is -2.41. The highest BCUT2D eigenvalue weighted by Gasteiger charge is 2.24. The number of aromatic nitrogens is 1. The van der Waals surface area contributed by atoms with Crippen LogP contribution in [0.1, 0.15) is 31.2 Å². The molecule has 0 aliphatic heterocycles. The predicted octanol–water partition coefficient (Wildman–Crippen LogP) is 2.76. The van der Waals surface area contributed by atoms with Crippen molar-refractivity contribution in [3.63, 3.8) is 0 Å². The van der Waals surface area contributed by atoms with Crippen molar-refractivity contribution in [3.05, 3.63) is 35.9 Å². The van der Waals surface area contributed by atoms with E-state index in [9.17, 15) is 5.26 Å². The zero-order valence-corrected chi connectivity index (χ0v) is 11.2. The SMILES string of the molecule is N#Cc1cc(OC2CCCCC2N)nc2ccccc12. The van der Waals surface area contributed by atoms with Gasteiger partial charge in [0.2, 0.25) is 5.88 Å². The minimum atomic E-state index is 0.00366. The summed E-state index contributed by atoms with van der Waals surface area (Å²) in [6.45, 7) is 0. The second kappa shape index (κ2) is 5.48. The molecule has 0 saturated heterocycles. The van der Waals surface area contributed by atoms with Gasteiger partial charge in [-0.1, -0.05) is 24.6 Å². The Hall–Kier alpha value is -2.12. The first-order chi connectivity index (χ1) is 9.78. The van der Waals surface area contributed by atoms with E-state index in [4.69, 9.17) is 10.5 Å². The quantitative estimate of drug-likeness (QED) is 0.908. The van der Waals surface area contributed by atoms with Crippen LogP contribution in [0.4, 0.5) is 0 Å². The number of hydrogen-bond donors (Lipinski definition) is 1. The maximum absolute atomic E-state index is 9.26. The number of para-hydroxylation sites is 1. The fraction of sp³-hybridized carbons (Fsp3) is 0.375. The summed E-state index contributed by atoms with van der Waals surface area (Å²) < 4.78 is 5.93. The van der Waals surface area contributed by atoms with Crippen LogP contribution in [0, 0.1) is 11.3 Å². The smallest absolute Gasteiger partial charge is 0.215 e.